The maximum Gasteiger partial charge on any atom is 0.165 e. The number of nitrogens with one attached hydrogen (secondary N) is 1. The molecule has 0 spiro atoms. The average molecular weight is 253 g/mol. The Kier molecular flexibility index (Phi) is 7.57. The van der Waals surface area contributed by atoms with Gasteiger partial charge in [0.2, 0.25) is 0 Å². The Hall–Kier alpha value is -0.970. The van der Waals surface area contributed by atoms with Crippen LogP contribution in [0.4, 0.5) is 0 Å². The highest BCUT2D eigenvalue weighted by atomic mass is 15.5. The number of hydrogen-bond acceptors (Lipinski definition) is 4. The first-order valence-electron chi connectivity index (χ1n) is 7.19. The van der Waals surface area contributed by atoms with Gasteiger partial charge in [-0.2, -0.15) is 0 Å². The topological polar surface area (TPSA) is 55.6 Å². The molecule has 1 heterocycles. The number of nitrogens with zero attached hydrogens (tertiary/aromatic N) is 4. The van der Waals surface area contributed by atoms with E-state index in [9.17, 15) is 0 Å². The first kappa shape index (κ1) is 15.1. The van der Waals surface area contributed by atoms with Crippen molar-refractivity contribution in [1.82, 2.24) is 25.5 Å². The van der Waals surface area contributed by atoms with E-state index in [2.05, 4.69) is 41.6 Å². The normalized spacial score (nSPS) is 11.3. The van der Waals surface area contributed by atoms with Gasteiger partial charge < -0.3 is 5.32 Å². The van der Waals surface area contributed by atoms with Crippen molar-refractivity contribution in [2.24, 2.45) is 5.92 Å². The van der Waals surface area contributed by atoms with E-state index in [-0.39, 0.29) is 0 Å². The number of aryl methyl sites for hydroxylation is 1. The fraction of sp³-hybridized carbons (Fsp3) is 0.923. The second kappa shape index (κ2) is 9.03. The summed E-state index contributed by atoms with van der Waals surface area (Å²) in [6.45, 7) is 9.30. The van der Waals surface area contributed by atoms with Crippen LogP contribution in [0.1, 0.15) is 58.7 Å². The zero-order valence-corrected chi connectivity index (χ0v) is 12.0. The molecule has 0 fully saturated rings. The first-order chi connectivity index (χ1) is 8.74. The van der Waals surface area contributed by atoms with Crippen LogP contribution in [0.2, 0.25) is 0 Å². The molecule has 0 radical (unpaired) electrons. The van der Waals surface area contributed by atoms with E-state index in [0.717, 1.165) is 31.4 Å². The summed E-state index contributed by atoms with van der Waals surface area (Å²) in [4.78, 5) is 0. The van der Waals surface area contributed by atoms with Gasteiger partial charge in [-0.05, 0) is 29.3 Å². The molecule has 0 aliphatic rings. The lowest BCUT2D eigenvalue weighted by Crippen LogP contribution is -2.17. The second-order valence-corrected chi connectivity index (χ2v) is 5.20. The molecule has 0 unspecified atom stereocenters. The maximum absolute atomic E-state index is 4.03. The number of unbranched alkanes of at least 4 members (excludes halogenated alkanes) is 3. The number of aromatic nitrogens is 4. The number of hydrogen-bond donors (Lipinski definition) is 1. The summed E-state index contributed by atoms with van der Waals surface area (Å²) in [7, 11) is 0. The summed E-state index contributed by atoms with van der Waals surface area (Å²) >= 11 is 0. The van der Waals surface area contributed by atoms with Crippen molar-refractivity contribution in [3.8, 4) is 0 Å². The Bertz CT molecular complexity index is 308. The molecule has 1 aromatic rings. The molecule has 0 aliphatic heterocycles. The monoisotopic (exact) mass is 253 g/mol. The molecular weight excluding hydrogens is 226 g/mol. The molecule has 0 saturated carbocycles. The Morgan fingerprint density at radius 3 is 2.67 bits per heavy atom. The molecule has 5 nitrogen and oxygen atoms in total. The standard InChI is InChI=1S/C13H27N5/c1-4-14-11-13-15-16-17-18(13)10-8-6-5-7-9-12(2)3/h12,14H,4-11H2,1-3H3. The molecule has 5 heteroatoms. The minimum Gasteiger partial charge on any atom is -0.310 e. The lowest BCUT2D eigenvalue weighted by Gasteiger charge is -2.06. The number of tetrazole rings is 1. The van der Waals surface area contributed by atoms with E-state index in [1.54, 1.807) is 0 Å². The van der Waals surface area contributed by atoms with Crippen molar-refractivity contribution in [3.63, 3.8) is 0 Å². The van der Waals surface area contributed by atoms with Crippen LogP contribution in [0.5, 0.6) is 0 Å². The fourth-order valence-corrected chi connectivity index (χ4v) is 1.93. The van der Waals surface area contributed by atoms with Gasteiger partial charge in [0.05, 0.1) is 6.54 Å². The highest BCUT2D eigenvalue weighted by Crippen LogP contribution is 2.10. The minimum absolute atomic E-state index is 0.761. The second-order valence-electron chi connectivity index (χ2n) is 5.20. The Morgan fingerprint density at radius 2 is 1.94 bits per heavy atom. The lowest BCUT2D eigenvalue weighted by molar-refractivity contribution is 0.478. The van der Waals surface area contributed by atoms with Crippen LogP contribution in [0.25, 0.3) is 0 Å². The minimum atomic E-state index is 0.761. The van der Waals surface area contributed by atoms with Crippen molar-refractivity contribution < 1.29 is 0 Å². The van der Waals surface area contributed by atoms with E-state index in [0.29, 0.717) is 0 Å². The molecule has 0 bridgehead atoms. The van der Waals surface area contributed by atoms with Gasteiger partial charge in [0.25, 0.3) is 0 Å². The Morgan fingerprint density at radius 1 is 1.17 bits per heavy atom. The van der Waals surface area contributed by atoms with Gasteiger partial charge in [-0.3, -0.25) is 0 Å². The third kappa shape index (κ3) is 6.10. The zero-order chi connectivity index (χ0) is 13.2. The van der Waals surface area contributed by atoms with E-state index in [1.807, 2.05) is 4.68 Å². The van der Waals surface area contributed by atoms with Crippen molar-refractivity contribution in [1.29, 1.82) is 0 Å². The van der Waals surface area contributed by atoms with Crippen molar-refractivity contribution in [3.05, 3.63) is 5.82 Å². The van der Waals surface area contributed by atoms with E-state index in [1.165, 1.54) is 32.1 Å². The van der Waals surface area contributed by atoms with Gasteiger partial charge >= 0.3 is 0 Å². The summed E-state index contributed by atoms with van der Waals surface area (Å²) in [5, 5.41) is 15.0. The van der Waals surface area contributed by atoms with Crippen LogP contribution >= 0.6 is 0 Å². The molecule has 0 atom stereocenters. The SMILES string of the molecule is CCNCc1nnnn1CCCCCCC(C)C. The predicted molar refractivity (Wildman–Crippen MR) is 73.1 cm³/mol. The average Bonchev–Trinajstić information content (AvgIpc) is 2.78. The van der Waals surface area contributed by atoms with E-state index >= 15 is 0 Å². The molecule has 1 rings (SSSR count). The summed E-state index contributed by atoms with van der Waals surface area (Å²) in [6, 6.07) is 0. The molecule has 0 aromatic carbocycles. The van der Waals surface area contributed by atoms with Gasteiger partial charge in [0, 0.05) is 6.54 Å². The highest BCUT2D eigenvalue weighted by molar-refractivity contribution is 4.79. The van der Waals surface area contributed by atoms with Crippen LogP contribution in [0.3, 0.4) is 0 Å². The summed E-state index contributed by atoms with van der Waals surface area (Å²) in [5.41, 5.74) is 0. The van der Waals surface area contributed by atoms with Crippen LogP contribution < -0.4 is 5.32 Å². The van der Waals surface area contributed by atoms with Gasteiger partial charge in [-0.15, -0.1) is 5.10 Å². The summed E-state index contributed by atoms with van der Waals surface area (Å²) in [6.07, 6.45) is 6.45. The largest absolute Gasteiger partial charge is 0.310 e. The Balaban J connectivity index is 2.13. The molecule has 1 aromatic heterocycles. The summed E-state index contributed by atoms with van der Waals surface area (Å²) in [5.74, 6) is 1.77. The lowest BCUT2D eigenvalue weighted by atomic mass is 10.0. The molecule has 18 heavy (non-hydrogen) atoms. The molecule has 0 aliphatic carbocycles. The van der Waals surface area contributed by atoms with Gasteiger partial charge in [-0.1, -0.05) is 46.5 Å². The van der Waals surface area contributed by atoms with Crippen molar-refractivity contribution in [2.45, 2.75) is 66.0 Å². The first-order valence-corrected chi connectivity index (χ1v) is 7.19. The smallest absolute Gasteiger partial charge is 0.165 e. The maximum atomic E-state index is 4.03. The van der Waals surface area contributed by atoms with Crippen LogP contribution in [-0.2, 0) is 13.1 Å². The van der Waals surface area contributed by atoms with Gasteiger partial charge in [0.15, 0.2) is 5.82 Å². The zero-order valence-electron chi connectivity index (χ0n) is 12.0. The highest BCUT2D eigenvalue weighted by Gasteiger charge is 2.04. The van der Waals surface area contributed by atoms with Gasteiger partial charge in [0.1, 0.15) is 0 Å². The molecule has 1 N–H and O–H groups in total. The molecule has 0 saturated heterocycles. The van der Waals surface area contributed by atoms with Crippen LogP contribution in [-0.4, -0.2) is 26.8 Å². The van der Waals surface area contributed by atoms with Crippen LogP contribution in [0, 0.1) is 5.92 Å². The van der Waals surface area contributed by atoms with Crippen LogP contribution in [0.15, 0.2) is 0 Å². The molecule has 104 valence electrons. The quantitative estimate of drug-likeness (QED) is 0.650. The molecular formula is C13H27N5. The number of rotatable bonds is 10. The van der Waals surface area contributed by atoms with E-state index < -0.39 is 0 Å². The predicted octanol–water partition coefficient (Wildman–Crippen LogP) is 2.39. The summed E-state index contributed by atoms with van der Waals surface area (Å²) < 4.78 is 1.92. The van der Waals surface area contributed by atoms with E-state index in [4.69, 9.17) is 0 Å². The fourth-order valence-electron chi connectivity index (χ4n) is 1.93. The third-order valence-electron chi connectivity index (χ3n) is 3.04. The van der Waals surface area contributed by atoms with Crippen molar-refractivity contribution in [2.75, 3.05) is 6.54 Å². The van der Waals surface area contributed by atoms with Crippen molar-refractivity contribution >= 4 is 0 Å². The Labute approximate surface area is 110 Å². The van der Waals surface area contributed by atoms with Gasteiger partial charge in [-0.25, -0.2) is 4.68 Å². The molecule has 0 amide bonds. The third-order valence-corrected chi connectivity index (χ3v) is 3.04.